The van der Waals surface area contributed by atoms with Crippen LogP contribution in [0.1, 0.15) is 13.3 Å². The Morgan fingerprint density at radius 2 is 1.92 bits per heavy atom. The zero-order valence-corrected chi connectivity index (χ0v) is 8.04. The zero-order valence-electron chi connectivity index (χ0n) is 8.04. The molecule has 0 amide bonds. The molecule has 0 aromatic carbocycles. The molecule has 74 valence electrons. The number of hydrogen-bond donors (Lipinski definition) is 2. The van der Waals surface area contributed by atoms with E-state index in [0.29, 0.717) is 6.54 Å². The van der Waals surface area contributed by atoms with E-state index in [1.54, 1.807) is 14.2 Å². The van der Waals surface area contributed by atoms with Gasteiger partial charge in [0.2, 0.25) is 0 Å². The monoisotopic (exact) mass is 177 g/mol. The summed E-state index contributed by atoms with van der Waals surface area (Å²) in [5.74, 6) is 0. The summed E-state index contributed by atoms with van der Waals surface area (Å²) in [4.78, 5) is 0. The Morgan fingerprint density at radius 3 is 2.25 bits per heavy atom. The van der Waals surface area contributed by atoms with E-state index < -0.39 is 0 Å². The number of methoxy groups -OCH3 is 2. The maximum Gasteiger partial charge on any atom is 0.169 e. The fourth-order valence-electron chi connectivity index (χ4n) is 0.864. The topological polar surface area (TPSA) is 50.7 Å². The maximum absolute atomic E-state index is 8.84. The summed E-state index contributed by atoms with van der Waals surface area (Å²) < 4.78 is 9.95. The Labute approximate surface area is 73.9 Å². The van der Waals surface area contributed by atoms with Crippen molar-refractivity contribution in [3.63, 3.8) is 0 Å². The Kier molecular flexibility index (Phi) is 7.39. The molecule has 0 aliphatic carbocycles. The van der Waals surface area contributed by atoms with E-state index in [1.807, 2.05) is 6.92 Å². The van der Waals surface area contributed by atoms with Crippen molar-refractivity contribution in [2.24, 2.45) is 0 Å². The average molecular weight is 177 g/mol. The first-order valence-electron chi connectivity index (χ1n) is 4.18. The lowest BCUT2D eigenvalue weighted by molar-refractivity contribution is -0.100. The van der Waals surface area contributed by atoms with E-state index in [1.165, 1.54) is 0 Å². The highest BCUT2D eigenvalue weighted by molar-refractivity contribution is 4.63. The van der Waals surface area contributed by atoms with E-state index in [-0.39, 0.29) is 18.9 Å². The van der Waals surface area contributed by atoms with E-state index in [2.05, 4.69) is 5.32 Å². The summed E-state index contributed by atoms with van der Waals surface area (Å²) in [5, 5.41) is 12.0. The lowest BCUT2D eigenvalue weighted by atomic mass is 10.2. The minimum atomic E-state index is -0.231. The van der Waals surface area contributed by atoms with Crippen molar-refractivity contribution in [3.05, 3.63) is 0 Å². The highest BCUT2D eigenvalue weighted by atomic mass is 16.7. The molecule has 4 heteroatoms. The van der Waals surface area contributed by atoms with Crippen LogP contribution in [0, 0.1) is 0 Å². The summed E-state index contributed by atoms with van der Waals surface area (Å²) in [5.41, 5.74) is 0. The molecule has 0 saturated carbocycles. The van der Waals surface area contributed by atoms with Crippen molar-refractivity contribution in [1.29, 1.82) is 0 Å². The largest absolute Gasteiger partial charge is 0.395 e. The average Bonchev–Trinajstić information content (AvgIpc) is 2.13. The Morgan fingerprint density at radius 1 is 1.33 bits per heavy atom. The summed E-state index contributed by atoms with van der Waals surface area (Å²) in [6.07, 6.45) is 0.669. The molecule has 0 aromatic heterocycles. The molecule has 2 N–H and O–H groups in total. The van der Waals surface area contributed by atoms with Gasteiger partial charge in [-0.15, -0.1) is 0 Å². The second-order valence-corrected chi connectivity index (χ2v) is 2.60. The van der Waals surface area contributed by atoms with Crippen LogP contribution in [0.2, 0.25) is 0 Å². The molecule has 1 atom stereocenters. The maximum atomic E-state index is 8.84. The van der Waals surface area contributed by atoms with Crippen molar-refractivity contribution in [2.45, 2.75) is 25.7 Å². The van der Waals surface area contributed by atoms with Crippen molar-refractivity contribution in [2.75, 3.05) is 27.4 Å². The van der Waals surface area contributed by atoms with Crippen LogP contribution in [0.15, 0.2) is 0 Å². The first-order chi connectivity index (χ1) is 5.78. The molecule has 0 rings (SSSR count). The van der Waals surface area contributed by atoms with Crippen LogP contribution >= 0.6 is 0 Å². The zero-order chi connectivity index (χ0) is 9.40. The van der Waals surface area contributed by atoms with Gasteiger partial charge in [0.25, 0.3) is 0 Å². The van der Waals surface area contributed by atoms with Gasteiger partial charge in [-0.1, -0.05) is 6.92 Å². The number of aliphatic hydroxyl groups excluding tert-OH is 1. The normalized spacial score (nSPS) is 13.8. The summed E-state index contributed by atoms with van der Waals surface area (Å²) >= 11 is 0. The molecule has 0 aromatic rings. The number of nitrogens with one attached hydrogen (secondary N) is 1. The van der Waals surface area contributed by atoms with Gasteiger partial charge in [-0.05, 0) is 6.42 Å². The predicted octanol–water partition coefficient (Wildman–Crippen LogP) is -0.0342. The van der Waals surface area contributed by atoms with Crippen LogP contribution in [-0.4, -0.2) is 44.8 Å². The van der Waals surface area contributed by atoms with E-state index in [0.717, 1.165) is 6.42 Å². The minimum absolute atomic E-state index is 0.137. The second kappa shape index (κ2) is 7.49. The second-order valence-electron chi connectivity index (χ2n) is 2.60. The van der Waals surface area contributed by atoms with Crippen LogP contribution in [0.5, 0.6) is 0 Å². The van der Waals surface area contributed by atoms with Crippen LogP contribution < -0.4 is 5.32 Å². The van der Waals surface area contributed by atoms with Gasteiger partial charge in [0.1, 0.15) is 0 Å². The summed E-state index contributed by atoms with van der Waals surface area (Å²) in [7, 11) is 3.19. The number of ether oxygens (including phenoxy) is 2. The molecule has 0 aliphatic heterocycles. The molecular weight excluding hydrogens is 158 g/mol. The van der Waals surface area contributed by atoms with E-state index in [9.17, 15) is 0 Å². The lowest BCUT2D eigenvalue weighted by Gasteiger charge is -2.18. The van der Waals surface area contributed by atoms with Gasteiger partial charge >= 0.3 is 0 Å². The quantitative estimate of drug-likeness (QED) is 0.536. The van der Waals surface area contributed by atoms with Gasteiger partial charge in [0.05, 0.1) is 6.61 Å². The lowest BCUT2D eigenvalue weighted by Crippen LogP contribution is -2.38. The summed E-state index contributed by atoms with van der Waals surface area (Å²) in [6.45, 7) is 2.77. The molecule has 0 aliphatic rings. The Bertz CT molecular complexity index is 80.3. The Balaban J connectivity index is 3.49. The number of aliphatic hydroxyl groups is 1. The van der Waals surface area contributed by atoms with Crippen molar-refractivity contribution in [1.82, 2.24) is 5.32 Å². The summed E-state index contributed by atoms with van der Waals surface area (Å²) in [6, 6.07) is 0.137. The van der Waals surface area contributed by atoms with Gasteiger partial charge in [-0.25, -0.2) is 0 Å². The minimum Gasteiger partial charge on any atom is -0.395 e. The van der Waals surface area contributed by atoms with Crippen LogP contribution in [0.3, 0.4) is 0 Å². The van der Waals surface area contributed by atoms with E-state index >= 15 is 0 Å². The van der Waals surface area contributed by atoms with Crippen molar-refractivity contribution in [3.8, 4) is 0 Å². The molecule has 0 fully saturated rings. The van der Waals surface area contributed by atoms with E-state index in [4.69, 9.17) is 14.6 Å². The molecule has 0 unspecified atom stereocenters. The first-order valence-corrected chi connectivity index (χ1v) is 4.18. The molecule has 0 spiro atoms. The van der Waals surface area contributed by atoms with Crippen LogP contribution in [0.4, 0.5) is 0 Å². The van der Waals surface area contributed by atoms with Crippen molar-refractivity contribution < 1.29 is 14.6 Å². The number of rotatable bonds is 7. The molecular formula is C8H19NO3. The van der Waals surface area contributed by atoms with Crippen molar-refractivity contribution >= 4 is 0 Å². The molecule has 0 radical (unpaired) electrons. The van der Waals surface area contributed by atoms with Gasteiger partial charge < -0.3 is 19.9 Å². The third-order valence-electron chi connectivity index (χ3n) is 1.81. The third-order valence-corrected chi connectivity index (χ3v) is 1.81. The fraction of sp³-hybridized carbons (Fsp3) is 1.00. The first kappa shape index (κ1) is 11.8. The molecule has 0 bridgehead atoms. The standard InChI is InChI=1S/C8H19NO3/c1-4-7(6-10)9-5-8(11-2)12-3/h7-10H,4-6H2,1-3H3/t7-/m0/s1. The van der Waals surface area contributed by atoms with Gasteiger partial charge in [-0.2, -0.15) is 0 Å². The van der Waals surface area contributed by atoms with Crippen LogP contribution in [0.25, 0.3) is 0 Å². The highest BCUT2D eigenvalue weighted by Crippen LogP contribution is 1.92. The van der Waals surface area contributed by atoms with Crippen LogP contribution in [-0.2, 0) is 9.47 Å². The third kappa shape index (κ3) is 4.66. The molecule has 12 heavy (non-hydrogen) atoms. The molecule has 0 heterocycles. The highest BCUT2D eigenvalue weighted by Gasteiger charge is 2.08. The smallest absolute Gasteiger partial charge is 0.169 e. The predicted molar refractivity (Wildman–Crippen MR) is 47.0 cm³/mol. The molecule has 4 nitrogen and oxygen atoms in total. The Hall–Kier alpha value is -0.160. The van der Waals surface area contributed by atoms with Gasteiger partial charge in [-0.3, -0.25) is 0 Å². The fourth-order valence-corrected chi connectivity index (χ4v) is 0.864. The molecule has 0 saturated heterocycles. The SMILES string of the molecule is CC[C@@H](CO)NCC(OC)OC. The number of hydrogen-bond acceptors (Lipinski definition) is 4. The van der Waals surface area contributed by atoms with Gasteiger partial charge in [0, 0.05) is 26.8 Å². The van der Waals surface area contributed by atoms with Gasteiger partial charge in [0.15, 0.2) is 6.29 Å².